The van der Waals surface area contributed by atoms with Gasteiger partial charge in [-0.2, -0.15) is 0 Å². The van der Waals surface area contributed by atoms with Crippen LogP contribution in [0.3, 0.4) is 0 Å². The molecule has 0 spiro atoms. The summed E-state index contributed by atoms with van der Waals surface area (Å²) in [6, 6.07) is 7.26. The van der Waals surface area contributed by atoms with E-state index in [0.29, 0.717) is 5.56 Å². The Labute approximate surface area is 116 Å². The van der Waals surface area contributed by atoms with Crippen molar-refractivity contribution in [3.63, 3.8) is 0 Å². The minimum absolute atomic E-state index is 0.0510. The predicted octanol–water partition coefficient (Wildman–Crippen LogP) is 4.29. The molecule has 1 nitrogen and oxygen atoms in total. The maximum atomic E-state index is 13.3. The van der Waals surface area contributed by atoms with Crippen molar-refractivity contribution in [3.8, 4) is 0 Å². The van der Waals surface area contributed by atoms with Crippen LogP contribution in [-0.2, 0) is 6.42 Å². The largest absolute Gasteiger partial charge is 0.294 e. The summed E-state index contributed by atoms with van der Waals surface area (Å²) in [6.45, 7) is 0. The Hall–Kier alpha value is -1.62. The van der Waals surface area contributed by atoms with Gasteiger partial charge < -0.3 is 0 Å². The third-order valence-electron chi connectivity index (χ3n) is 2.62. The van der Waals surface area contributed by atoms with Crippen molar-refractivity contribution in [1.82, 2.24) is 0 Å². The van der Waals surface area contributed by atoms with Crippen LogP contribution in [0.1, 0.15) is 15.9 Å². The smallest absolute Gasteiger partial charge is 0.167 e. The van der Waals surface area contributed by atoms with Crippen molar-refractivity contribution >= 4 is 21.7 Å². The third-order valence-corrected chi connectivity index (χ3v) is 3.51. The topological polar surface area (TPSA) is 17.1 Å². The summed E-state index contributed by atoms with van der Waals surface area (Å²) in [5, 5.41) is 0. The maximum absolute atomic E-state index is 13.3. The van der Waals surface area contributed by atoms with Crippen molar-refractivity contribution in [1.29, 1.82) is 0 Å². The van der Waals surface area contributed by atoms with Crippen molar-refractivity contribution in [2.75, 3.05) is 0 Å². The van der Waals surface area contributed by atoms with Crippen molar-refractivity contribution in [2.45, 2.75) is 6.42 Å². The molecule has 0 unspecified atom stereocenters. The Kier molecular flexibility index (Phi) is 4.04. The van der Waals surface area contributed by atoms with E-state index in [1.54, 1.807) is 6.07 Å². The zero-order valence-electron chi connectivity index (χ0n) is 9.59. The van der Waals surface area contributed by atoms with Crippen molar-refractivity contribution < 1.29 is 18.0 Å². The molecular weight excluding hydrogens is 321 g/mol. The van der Waals surface area contributed by atoms with E-state index < -0.39 is 23.2 Å². The van der Waals surface area contributed by atoms with Gasteiger partial charge in [0, 0.05) is 12.0 Å². The summed E-state index contributed by atoms with van der Waals surface area (Å²) in [5.74, 6) is -2.98. The molecule has 2 aromatic carbocycles. The highest BCUT2D eigenvalue weighted by molar-refractivity contribution is 9.10. The van der Waals surface area contributed by atoms with Crippen LogP contribution < -0.4 is 0 Å². The summed E-state index contributed by atoms with van der Waals surface area (Å²) in [7, 11) is 0. The molecule has 0 atom stereocenters. The van der Waals surface area contributed by atoms with Crippen LogP contribution in [0.15, 0.2) is 40.9 Å². The molecule has 0 bridgehead atoms. The quantitative estimate of drug-likeness (QED) is 0.768. The second-order valence-electron chi connectivity index (χ2n) is 3.94. The molecule has 0 aliphatic heterocycles. The number of hydrogen-bond donors (Lipinski definition) is 0. The van der Waals surface area contributed by atoms with Crippen LogP contribution in [-0.4, -0.2) is 5.78 Å². The van der Waals surface area contributed by atoms with Crippen LogP contribution in [0.5, 0.6) is 0 Å². The Morgan fingerprint density at radius 3 is 2.42 bits per heavy atom. The Bertz CT molecular complexity index is 641. The van der Waals surface area contributed by atoms with Crippen LogP contribution >= 0.6 is 15.9 Å². The van der Waals surface area contributed by atoms with E-state index in [0.717, 1.165) is 12.1 Å². The Morgan fingerprint density at radius 2 is 1.74 bits per heavy atom. The normalized spacial score (nSPS) is 10.5. The molecule has 19 heavy (non-hydrogen) atoms. The van der Waals surface area contributed by atoms with Gasteiger partial charge in [0.15, 0.2) is 17.4 Å². The number of benzene rings is 2. The van der Waals surface area contributed by atoms with E-state index in [4.69, 9.17) is 0 Å². The lowest BCUT2D eigenvalue weighted by atomic mass is 10.0. The molecule has 0 aliphatic carbocycles. The Balaban J connectivity index is 2.26. The average Bonchev–Trinajstić information content (AvgIpc) is 2.38. The number of carbonyl (C=O) groups excluding carboxylic acids is 1. The van der Waals surface area contributed by atoms with E-state index in [1.165, 1.54) is 18.2 Å². The molecule has 0 saturated heterocycles. The van der Waals surface area contributed by atoms with E-state index >= 15 is 0 Å². The van der Waals surface area contributed by atoms with Gasteiger partial charge in [-0.05, 0) is 45.8 Å². The molecule has 0 amide bonds. The summed E-state index contributed by atoms with van der Waals surface area (Å²) in [5.41, 5.74) is 0.504. The number of halogens is 4. The van der Waals surface area contributed by atoms with Crippen molar-refractivity contribution in [3.05, 3.63) is 69.4 Å². The zero-order chi connectivity index (χ0) is 14.0. The molecular formula is C14H8BrF3O. The molecule has 2 rings (SSSR count). The third kappa shape index (κ3) is 3.04. The fourth-order valence-electron chi connectivity index (χ4n) is 1.63. The monoisotopic (exact) mass is 328 g/mol. The molecule has 0 N–H and O–H groups in total. The highest BCUT2D eigenvalue weighted by atomic mass is 79.9. The van der Waals surface area contributed by atoms with E-state index in [9.17, 15) is 18.0 Å². The molecule has 0 aliphatic rings. The van der Waals surface area contributed by atoms with Crippen molar-refractivity contribution in [2.24, 2.45) is 0 Å². The lowest BCUT2D eigenvalue weighted by molar-refractivity contribution is 0.0992. The standard InChI is InChI=1S/C14H8BrF3O/c15-14-9(2-1-3-11(14)17)7-13(19)8-4-5-10(16)12(18)6-8/h1-6H,7H2. The first-order valence-electron chi connectivity index (χ1n) is 5.40. The molecule has 98 valence electrons. The van der Waals surface area contributed by atoms with E-state index in [-0.39, 0.29) is 16.5 Å². The summed E-state index contributed by atoms with van der Waals surface area (Å²) in [6.07, 6.45) is -0.0938. The van der Waals surface area contributed by atoms with Gasteiger partial charge in [0.05, 0.1) is 4.47 Å². The average molecular weight is 329 g/mol. The molecule has 2 aromatic rings. The fourth-order valence-corrected chi connectivity index (χ4v) is 2.03. The lowest BCUT2D eigenvalue weighted by Crippen LogP contribution is -2.05. The van der Waals surface area contributed by atoms with E-state index in [1.807, 2.05) is 0 Å². The number of ketones is 1. The summed E-state index contributed by atoms with van der Waals surface area (Å²) >= 11 is 3.05. The number of rotatable bonds is 3. The first-order chi connectivity index (χ1) is 8.99. The van der Waals surface area contributed by atoms with E-state index in [2.05, 4.69) is 15.9 Å². The Morgan fingerprint density at radius 1 is 1.00 bits per heavy atom. The van der Waals surface area contributed by atoms with Gasteiger partial charge in [0.2, 0.25) is 0 Å². The van der Waals surface area contributed by atoms with Gasteiger partial charge >= 0.3 is 0 Å². The summed E-state index contributed by atoms with van der Waals surface area (Å²) < 4.78 is 39.3. The minimum Gasteiger partial charge on any atom is -0.294 e. The first kappa shape index (κ1) is 13.8. The van der Waals surface area contributed by atoms with Crippen LogP contribution in [0.25, 0.3) is 0 Å². The number of carbonyl (C=O) groups is 1. The molecule has 0 saturated carbocycles. The van der Waals surface area contributed by atoms with Gasteiger partial charge in [0.1, 0.15) is 5.82 Å². The van der Waals surface area contributed by atoms with Gasteiger partial charge in [-0.1, -0.05) is 12.1 Å². The van der Waals surface area contributed by atoms with Gasteiger partial charge in [-0.15, -0.1) is 0 Å². The zero-order valence-corrected chi connectivity index (χ0v) is 11.2. The molecule has 0 aromatic heterocycles. The SMILES string of the molecule is O=C(Cc1cccc(F)c1Br)c1ccc(F)c(F)c1. The molecule has 0 radical (unpaired) electrons. The molecule has 5 heteroatoms. The number of hydrogen-bond acceptors (Lipinski definition) is 1. The second kappa shape index (κ2) is 5.57. The fraction of sp³-hybridized carbons (Fsp3) is 0.0714. The van der Waals surface area contributed by atoms with Gasteiger partial charge in [-0.25, -0.2) is 13.2 Å². The maximum Gasteiger partial charge on any atom is 0.167 e. The highest BCUT2D eigenvalue weighted by Crippen LogP contribution is 2.22. The van der Waals surface area contributed by atoms with Crippen LogP contribution in [0, 0.1) is 17.5 Å². The van der Waals surface area contributed by atoms with Crippen LogP contribution in [0.2, 0.25) is 0 Å². The predicted molar refractivity (Wildman–Crippen MR) is 68.5 cm³/mol. The van der Waals surface area contributed by atoms with Gasteiger partial charge in [-0.3, -0.25) is 4.79 Å². The number of Topliss-reactive ketones (excluding diaryl/α,β-unsaturated/α-hetero) is 1. The van der Waals surface area contributed by atoms with Gasteiger partial charge in [0.25, 0.3) is 0 Å². The lowest BCUT2D eigenvalue weighted by Gasteiger charge is -2.05. The second-order valence-corrected chi connectivity index (χ2v) is 4.73. The van der Waals surface area contributed by atoms with Crippen LogP contribution in [0.4, 0.5) is 13.2 Å². The summed E-state index contributed by atoms with van der Waals surface area (Å²) in [4.78, 5) is 11.9. The minimum atomic E-state index is -1.08. The molecule has 0 fully saturated rings. The first-order valence-corrected chi connectivity index (χ1v) is 6.19. The molecule has 0 heterocycles. The highest BCUT2D eigenvalue weighted by Gasteiger charge is 2.13.